The minimum atomic E-state index is -0.295. The van der Waals surface area contributed by atoms with Crippen molar-refractivity contribution in [2.24, 2.45) is 0 Å². The average Bonchev–Trinajstić information content (AvgIpc) is 3.27. The molecule has 1 amide bonds. The zero-order chi connectivity index (χ0) is 29.1. The first-order chi connectivity index (χ1) is 19.8. The van der Waals surface area contributed by atoms with Crippen molar-refractivity contribution < 1.29 is 4.79 Å². The fraction of sp³-hybridized carbons (Fsp3) is 0.312. The van der Waals surface area contributed by atoms with Crippen LogP contribution in [0.1, 0.15) is 47.7 Å². The molecule has 2 saturated heterocycles. The number of pyridine rings is 1. The zero-order valence-corrected chi connectivity index (χ0v) is 25.2. The highest BCUT2D eigenvalue weighted by Gasteiger charge is 2.37. The van der Waals surface area contributed by atoms with Gasteiger partial charge in [-0.1, -0.05) is 84.6 Å². The SMILES string of the molecule is CCn1c(N2CCN(Cc3ccccc3)CC2)c(C=C2SC(=S)N(C(C)c3ccccc3)C2=O)c(C)c(C#N)c1=O. The van der Waals surface area contributed by atoms with Crippen LogP contribution in [0.15, 0.2) is 70.4 Å². The molecule has 210 valence electrons. The third-order valence-corrected chi connectivity index (χ3v) is 9.18. The van der Waals surface area contributed by atoms with Crippen LogP contribution in [0.3, 0.4) is 0 Å². The normalized spacial score (nSPS) is 17.8. The predicted molar refractivity (Wildman–Crippen MR) is 170 cm³/mol. The second kappa shape index (κ2) is 12.4. The van der Waals surface area contributed by atoms with Crippen LogP contribution in [-0.4, -0.2) is 50.8 Å². The molecule has 1 unspecified atom stereocenters. The van der Waals surface area contributed by atoms with E-state index in [1.165, 1.54) is 17.3 Å². The van der Waals surface area contributed by atoms with E-state index in [4.69, 9.17) is 12.2 Å². The van der Waals surface area contributed by atoms with Gasteiger partial charge in [0.2, 0.25) is 0 Å². The molecule has 1 aromatic heterocycles. The number of aromatic nitrogens is 1. The number of carbonyl (C=O) groups is 1. The Morgan fingerprint density at radius 1 is 1.02 bits per heavy atom. The molecule has 2 aliphatic rings. The van der Waals surface area contributed by atoms with E-state index in [1.54, 1.807) is 16.4 Å². The molecule has 0 spiro atoms. The number of amides is 1. The molecule has 0 bridgehead atoms. The Bertz CT molecular complexity index is 1590. The maximum Gasteiger partial charge on any atom is 0.270 e. The number of nitrogens with zero attached hydrogens (tertiary/aromatic N) is 5. The highest BCUT2D eigenvalue weighted by Crippen LogP contribution is 2.39. The van der Waals surface area contributed by atoms with Crippen molar-refractivity contribution in [1.82, 2.24) is 14.4 Å². The quantitative estimate of drug-likeness (QED) is 0.275. The number of thioether (sulfide) groups is 1. The van der Waals surface area contributed by atoms with Gasteiger partial charge in [0.25, 0.3) is 11.5 Å². The van der Waals surface area contributed by atoms with Crippen molar-refractivity contribution in [2.75, 3.05) is 31.1 Å². The molecule has 0 N–H and O–H groups in total. The van der Waals surface area contributed by atoms with Gasteiger partial charge >= 0.3 is 0 Å². The average molecular weight is 584 g/mol. The van der Waals surface area contributed by atoms with E-state index in [-0.39, 0.29) is 23.1 Å². The minimum Gasteiger partial charge on any atom is -0.355 e. The molecule has 7 nitrogen and oxygen atoms in total. The van der Waals surface area contributed by atoms with Gasteiger partial charge in [-0.2, -0.15) is 5.26 Å². The second-order valence-electron chi connectivity index (χ2n) is 10.3. The third-order valence-electron chi connectivity index (χ3n) is 7.85. The highest BCUT2D eigenvalue weighted by atomic mass is 32.2. The summed E-state index contributed by atoms with van der Waals surface area (Å²) in [6, 6.07) is 22.1. The first-order valence-corrected chi connectivity index (χ1v) is 15.1. The standard InChI is InChI=1S/C32H33N5O2S2/c1-4-36-29(35-17-15-34(16-18-35)21-24-11-7-5-8-12-24)26(22(2)27(20-33)30(36)38)19-28-31(39)37(32(40)41-28)23(3)25-13-9-6-10-14-25/h5-14,19,23H,4,15-18,21H2,1-3H3. The van der Waals surface area contributed by atoms with Gasteiger partial charge in [-0.3, -0.25) is 24.0 Å². The number of anilines is 1. The predicted octanol–water partition coefficient (Wildman–Crippen LogP) is 5.33. The van der Waals surface area contributed by atoms with Crippen LogP contribution in [0.25, 0.3) is 6.08 Å². The van der Waals surface area contributed by atoms with Crippen molar-refractivity contribution in [3.05, 3.63) is 104 Å². The summed E-state index contributed by atoms with van der Waals surface area (Å²) in [7, 11) is 0. The molecule has 3 aromatic rings. The van der Waals surface area contributed by atoms with Gasteiger partial charge in [-0.15, -0.1) is 0 Å². The number of thiocarbonyl (C=S) groups is 1. The number of rotatable bonds is 7. The lowest BCUT2D eigenvalue weighted by Crippen LogP contribution is -2.48. The lowest BCUT2D eigenvalue weighted by atomic mass is 10.0. The zero-order valence-electron chi connectivity index (χ0n) is 23.5. The van der Waals surface area contributed by atoms with E-state index >= 15 is 0 Å². The fourth-order valence-corrected chi connectivity index (χ4v) is 6.96. The lowest BCUT2D eigenvalue weighted by molar-refractivity contribution is -0.123. The van der Waals surface area contributed by atoms with E-state index in [0.29, 0.717) is 21.3 Å². The van der Waals surface area contributed by atoms with Gasteiger partial charge in [-0.05, 0) is 43.5 Å². The summed E-state index contributed by atoms with van der Waals surface area (Å²) in [4.78, 5) is 33.9. The van der Waals surface area contributed by atoms with Gasteiger partial charge in [0.05, 0.1) is 10.9 Å². The Labute approximate surface area is 250 Å². The highest BCUT2D eigenvalue weighted by molar-refractivity contribution is 8.26. The summed E-state index contributed by atoms with van der Waals surface area (Å²) in [5, 5.41) is 9.91. The molecular weight excluding hydrogens is 551 g/mol. The van der Waals surface area contributed by atoms with Crippen LogP contribution in [0, 0.1) is 18.3 Å². The Kier molecular flexibility index (Phi) is 8.74. The molecule has 5 rings (SSSR count). The van der Waals surface area contributed by atoms with E-state index in [2.05, 4.69) is 40.1 Å². The number of hydrogen-bond acceptors (Lipinski definition) is 7. The largest absolute Gasteiger partial charge is 0.355 e. The summed E-state index contributed by atoms with van der Waals surface area (Å²) in [6.45, 7) is 10.1. The first kappa shape index (κ1) is 28.8. The molecule has 0 saturated carbocycles. The molecule has 9 heteroatoms. The third kappa shape index (κ3) is 5.73. The first-order valence-electron chi connectivity index (χ1n) is 13.8. The van der Waals surface area contributed by atoms with E-state index < -0.39 is 0 Å². The molecule has 1 atom stereocenters. The van der Waals surface area contributed by atoms with Crippen molar-refractivity contribution in [1.29, 1.82) is 5.26 Å². The number of hydrogen-bond donors (Lipinski definition) is 0. The van der Waals surface area contributed by atoms with Crippen molar-refractivity contribution >= 4 is 46.1 Å². The monoisotopic (exact) mass is 583 g/mol. The van der Waals surface area contributed by atoms with Crippen molar-refractivity contribution in [3.63, 3.8) is 0 Å². The van der Waals surface area contributed by atoms with E-state index in [0.717, 1.165) is 49.7 Å². The maximum atomic E-state index is 13.7. The summed E-state index contributed by atoms with van der Waals surface area (Å²) in [5.74, 6) is 0.594. The molecule has 2 aliphatic heterocycles. The Morgan fingerprint density at radius 2 is 1.66 bits per heavy atom. The van der Waals surface area contributed by atoms with Crippen molar-refractivity contribution in [3.8, 4) is 6.07 Å². The summed E-state index contributed by atoms with van der Waals surface area (Å²) in [5.41, 5.74) is 3.40. The van der Waals surface area contributed by atoms with Crippen LogP contribution >= 0.6 is 24.0 Å². The summed E-state index contributed by atoms with van der Waals surface area (Å²) in [6.07, 6.45) is 1.84. The van der Waals surface area contributed by atoms with E-state index in [9.17, 15) is 14.9 Å². The lowest BCUT2D eigenvalue weighted by Gasteiger charge is -2.38. The Balaban J connectivity index is 1.50. The smallest absolute Gasteiger partial charge is 0.270 e. The van der Waals surface area contributed by atoms with Gasteiger partial charge in [0.1, 0.15) is 21.8 Å². The Hall–Kier alpha value is -3.71. The molecule has 41 heavy (non-hydrogen) atoms. The second-order valence-corrected chi connectivity index (χ2v) is 12.0. The minimum absolute atomic E-state index is 0.109. The summed E-state index contributed by atoms with van der Waals surface area (Å²) < 4.78 is 2.17. The van der Waals surface area contributed by atoms with Crippen LogP contribution in [0.5, 0.6) is 0 Å². The number of nitriles is 1. The molecule has 3 heterocycles. The van der Waals surface area contributed by atoms with Crippen LogP contribution in [0.2, 0.25) is 0 Å². The molecule has 0 aliphatic carbocycles. The summed E-state index contributed by atoms with van der Waals surface area (Å²) >= 11 is 6.93. The topological polar surface area (TPSA) is 72.6 Å². The fourth-order valence-electron chi connectivity index (χ4n) is 5.56. The maximum absolute atomic E-state index is 13.7. The van der Waals surface area contributed by atoms with Gasteiger partial charge in [-0.25, -0.2) is 0 Å². The number of carbonyl (C=O) groups excluding carboxylic acids is 1. The van der Waals surface area contributed by atoms with Gasteiger partial charge < -0.3 is 4.90 Å². The molecule has 2 fully saturated rings. The molecular formula is C32H33N5O2S2. The van der Waals surface area contributed by atoms with Crippen LogP contribution < -0.4 is 10.5 Å². The van der Waals surface area contributed by atoms with Crippen molar-refractivity contribution in [2.45, 2.75) is 39.9 Å². The van der Waals surface area contributed by atoms with E-state index in [1.807, 2.05) is 56.3 Å². The number of benzene rings is 2. The van der Waals surface area contributed by atoms with Gasteiger partial charge in [0.15, 0.2) is 0 Å². The van der Waals surface area contributed by atoms with Gasteiger partial charge in [0, 0.05) is 44.8 Å². The van der Waals surface area contributed by atoms with Crippen LogP contribution in [0.4, 0.5) is 5.82 Å². The molecule has 0 radical (unpaired) electrons. The molecule has 2 aromatic carbocycles. The number of piperazine rings is 1. The van der Waals surface area contributed by atoms with Crippen LogP contribution in [-0.2, 0) is 17.9 Å². The Morgan fingerprint density at radius 3 is 2.27 bits per heavy atom.